The van der Waals surface area contributed by atoms with Crippen LogP contribution in [0.15, 0.2) is 48.5 Å². The molecular formula is C18H18F3N3O2. The molecule has 0 aliphatic rings. The maximum absolute atomic E-state index is 13.0. The fourth-order valence-corrected chi connectivity index (χ4v) is 2.29. The van der Waals surface area contributed by atoms with Gasteiger partial charge in [0.1, 0.15) is 6.04 Å². The number of rotatable bonds is 5. The quantitative estimate of drug-likeness (QED) is 0.760. The van der Waals surface area contributed by atoms with Crippen LogP contribution in [0.3, 0.4) is 0 Å². The van der Waals surface area contributed by atoms with Crippen molar-refractivity contribution in [2.75, 3.05) is 17.7 Å². The molecule has 2 aromatic carbocycles. The van der Waals surface area contributed by atoms with Crippen LogP contribution < -0.4 is 16.0 Å². The van der Waals surface area contributed by atoms with Gasteiger partial charge in [0.2, 0.25) is 5.91 Å². The van der Waals surface area contributed by atoms with Crippen LogP contribution in [0, 0.1) is 0 Å². The summed E-state index contributed by atoms with van der Waals surface area (Å²) in [6.45, 7) is 1.51. The molecule has 0 aliphatic heterocycles. The number of halogens is 3. The number of amides is 2. The predicted molar refractivity (Wildman–Crippen MR) is 93.0 cm³/mol. The van der Waals surface area contributed by atoms with Gasteiger partial charge in [-0.15, -0.1) is 0 Å². The predicted octanol–water partition coefficient (Wildman–Crippen LogP) is 3.50. The number of benzene rings is 2. The van der Waals surface area contributed by atoms with E-state index in [1.807, 2.05) is 0 Å². The molecule has 0 fully saturated rings. The minimum atomic E-state index is -4.57. The summed E-state index contributed by atoms with van der Waals surface area (Å²) in [5.74, 6) is -0.920. The first-order valence-corrected chi connectivity index (χ1v) is 7.78. The highest BCUT2D eigenvalue weighted by Gasteiger charge is 2.33. The van der Waals surface area contributed by atoms with E-state index < -0.39 is 23.7 Å². The van der Waals surface area contributed by atoms with Gasteiger partial charge in [0.05, 0.1) is 11.3 Å². The van der Waals surface area contributed by atoms with Crippen LogP contribution >= 0.6 is 0 Å². The normalized spacial score (nSPS) is 12.2. The lowest BCUT2D eigenvalue weighted by Gasteiger charge is -2.18. The van der Waals surface area contributed by atoms with Crippen molar-refractivity contribution in [3.63, 3.8) is 0 Å². The summed E-state index contributed by atoms with van der Waals surface area (Å²) < 4.78 is 39.0. The van der Waals surface area contributed by atoms with Crippen molar-refractivity contribution in [2.45, 2.75) is 19.1 Å². The smallest absolute Gasteiger partial charge is 0.374 e. The third-order valence-electron chi connectivity index (χ3n) is 3.62. The van der Waals surface area contributed by atoms with Gasteiger partial charge in [-0.2, -0.15) is 13.2 Å². The van der Waals surface area contributed by atoms with Crippen LogP contribution in [-0.2, 0) is 11.0 Å². The first-order chi connectivity index (χ1) is 12.2. The van der Waals surface area contributed by atoms with Crippen molar-refractivity contribution in [1.82, 2.24) is 5.32 Å². The van der Waals surface area contributed by atoms with Gasteiger partial charge >= 0.3 is 6.18 Å². The van der Waals surface area contributed by atoms with Crippen molar-refractivity contribution in [3.05, 3.63) is 59.7 Å². The van der Waals surface area contributed by atoms with Crippen LogP contribution in [0.2, 0.25) is 0 Å². The number of carbonyl (C=O) groups excluding carboxylic acids is 2. The molecule has 138 valence electrons. The summed E-state index contributed by atoms with van der Waals surface area (Å²) >= 11 is 0. The summed E-state index contributed by atoms with van der Waals surface area (Å²) in [5, 5.41) is 7.64. The lowest BCUT2D eigenvalue weighted by molar-refractivity contribution is -0.137. The molecule has 1 unspecified atom stereocenters. The molecule has 2 aromatic rings. The number of alkyl halides is 3. The molecule has 3 N–H and O–H groups in total. The fourth-order valence-electron chi connectivity index (χ4n) is 2.29. The minimum Gasteiger partial charge on any atom is -0.374 e. The molecule has 0 aromatic heterocycles. The zero-order valence-electron chi connectivity index (χ0n) is 14.1. The van der Waals surface area contributed by atoms with Gasteiger partial charge in [-0.3, -0.25) is 9.59 Å². The van der Waals surface area contributed by atoms with Gasteiger partial charge in [0.25, 0.3) is 5.91 Å². The SMILES string of the molecule is CNC(=O)c1cccc(NC(C)C(=O)Nc2ccccc2C(F)(F)F)c1. The first kappa shape index (κ1) is 19.3. The van der Waals surface area contributed by atoms with E-state index >= 15 is 0 Å². The lowest BCUT2D eigenvalue weighted by Crippen LogP contribution is -2.32. The second-order valence-electron chi connectivity index (χ2n) is 5.56. The van der Waals surface area contributed by atoms with Gasteiger partial charge in [-0.05, 0) is 37.3 Å². The largest absolute Gasteiger partial charge is 0.418 e. The van der Waals surface area contributed by atoms with E-state index in [1.54, 1.807) is 24.3 Å². The number of hydrogen-bond acceptors (Lipinski definition) is 3. The maximum atomic E-state index is 13.0. The third kappa shape index (κ3) is 4.75. The number of carbonyl (C=O) groups is 2. The zero-order valence-corrected chi connectivity index (χ0v) is 14.1. The van der Waals surface area contributed by atoms with Gasteiger partial charge in [0.15, 0.2) is 0 Å². The molecule has 0 aliphatic carbocycles. The van der Waals surface area contributed by atoms with E-state index in [1.165, 1.54) is 32.2 Å². The summed E-state index contributed by atoms with van der Waals surface area (Å²) in [5.41, 5.74) is -0.328. The Balaban J connectivity index is 2.11. The van der Waals surface area contributed by atoms with Crippen LogP contribution in [0.1, 0.15) is 22.8 Å². The molecule has 26 heavy (non-hydrogen) atoms. The van der Waals surface area contributed by atoms with E-state index in [9.17, 15) is 22.8 Å². The first-order valence-electron chi connectivity index (χ1n) is 7.78. The van der Waals surface area contributed by atoms with Crippen molar-refractivity contribution < 1.29 is 22.8 Å². The van der Waals surface area contributed by atoms with E-state index in [0.29, 0.717) is 11.3 Å². The number of anilines is 2. The number of para-hydroxylation sites is 1. The molecule has 0 bridgehead atoms. The Bertz CT molecular complexity index is 806. The molecule has 0 heterocycles. The van der Waals surface area contributed by atoms with Crippen LogP contribution in [0.4, 0.5) is 24.5 Å². The number of hydrogen-bond donors (Lipinski definition) is 3. The lowest BCUT2D eigenvalue weighted by atomic mass is 10.1. The molecule has 0 saturated heterocycles. The van der Waals surface area contributed by atoms with E-state index in [0.717, 1.165) is 6.07 Å². The second kappa shape index (κ2) is 7.90. The Morgan fingerprint density at radius 1 is 1.04 bits per heavy atom. The topological polar surface area (TPSA) is 70.2 Å². The minimum absolute atomic E-state index is 0.287. The monoisotopic (exact) mass is 365 g/mol. The van der Waals surface area contributed by atoms with Crippen LogP contribution in [0.25, 0.3) is 0 Å². The summed E-state index contributed by atoms with van der Waals surface area (Å²) in [4.78, 5) is 23.9. The highest BCUT2D eigenvalue weighted by molar-refractivity contribution is 5.98. The highest BCUT2D eigenvalue weighted by Crippen LogP contribution is 2.34. The van der Waals surface area contributed by atoms with Crippen molar-refractivity contribution in [2.24, 2.45) is 0 Å². The number of nitrogens with one attached hydrogen (secondary N) is 3. The second-order valence-corrected chi connectivity index (χ2v) is 5.56. The Hall–Kier alpha value is -3.03. The molecule has 0 radical (unpaired) electrons. The molecule has 8 heteroatoms. The van der Waals surface area contributed by atoms with Crippen molar-refractivity contribution in [3.8, 4) is 0 Å². The molecule has 1 atom stereocenters. The molecule has 0 saturated carbocycles. The van der Waals surface area contributed by atoms with Gasteiger partial charge in [0, 0.05) is 18.3 Å². The average molecular weight is 365 g/mol. The fraction of sp³-hybridized carbons (Fsp3) is 0.222. The van der Waals surface area contributed by atoms with Crippen LogP contribution in [0.5, 0.6) is 0 Å². The summed E-state index contributed by atoms with van der Waals surface area (Å²) in [7, 11) is 1.50. The van der Waals surface area contributed by atoms with Crippen molar-refractivity contribution in [1.29, 1.82) is 0 Å². The zero-order chi connectivity index (χ0) is 19.3. The molecular weight excluding hydrogens is 347 g/mol. The Labute approximate surface area is 148 Å². The maximum Gasteiger partial charge on any atom is 0.418 e. The summed E-state index contributed by atoms with van der Waals surface area (Å²) in [6.07, 6.45) is -4.57. The van der Waals surface area contributed by atoms with E-state index in [-0.39, 0.29) is 11.6 Å². The Morgan fingerprint density at radius 2 is 1.73 bits per heavy atom. The summed E-state index contributed by atoms with van der Waals surface area (Å²) in [6, 6.07) is 10.4. The molecule has 5 nitrogen and oxygen atoms in total. The van der Waals surface area contributed by atoms with Gasteiger partial charge in [-0.25, -0.2) is 0 Å². The molecule has 2 rings (SSSR count). The third-order valence-corrected chi connectivity index (χ3v) is 3.62. The standard InChI is InChI=1S/C18H18F3N3O2/c1-11(23-13-7-5-6-12(10-13)17(26)22-2)16(25)24-15-9-4-3-8-14(15)18(19,20)21/h3-11,23H,1-2H3,(H,22,26)(H,24,25). The molecule has 0 spiro atoms. The Morgan fingerprint density at radius 3 is 2.38 bits per heavy atom. The Kier molecular flexibility index (Phi) is 5.86. The van der Waals surface area contributed by atoms with Gasteiger partial charge in [-0.1, -0.05) is 18.2 Å². The van der Waals surface area contributed by atoms with E-state index in [4.69, 9.17) is 0 Å². The average Bonchev–Trinajstić information content (AvgIpc) is 2.60. The van der Waals surface area contributed by atoms with Crippen molar-refractivity contribution >= 4 is 23.2 Å². The van der Waals surface area contributed by atoms with Crippen LogP contribution in [-0.4, -0.2) is 24.9 Å². The van der Waals surface area contributed by atoms with Gasteiger partial charge < -0.3 is 16.0 Å². The highest BCUT2D eigenvalue weighted by atomic mass is 19.4. The molecule has 2 amide bonds. The van der Waals surface area contributed by atoms with E-state index in [2.05, 4.69) is 16.0 Å².